The Morgan fingerprint density at radius 1 is 1.15 bits per heavy atom. The fourth-order valence-electron chi connectivity index (χ4n) is 4.64. The van der Waals surface area contributed by atoms with E-state index in [1.165, 1.54) is 0 Å². The Hall–Kier alpha value is -0.200. The molecule has 1 spiro atoms. The van der Waals surface area contributed by atoms with Crippen molar-refractivity contribution in [3.05, 3.63) is 0 Å². The van der Waals surface area contributed by atoms with E-state index in [-0.39, 0.29) is 36.6 Å². The van der Waals surface area contributed by atoms with Crippen LogP contribution in [0, 0.1) is 23.7 Å². The maximum Gasteiger partial charge on any atom is 0.174 e. The molecule has 0 bridgehead atoms. The summed E-state index contributed by atoms with van der Waals surface area (Å²) in [5.74, 6) is -0.153. The van der Waals surface area contributed by atoms with Crippen LogP contribution in [0.3, 0.4) is 0 Å². The first-order chi connectivity index (χ1) is 12.2. The molecule has 0 radical (unpaired) electrons. The Bertz CT molecular complexity index is 425. The third-order valence-corrected chi connectivity index (χ3v) is 6.88. The average molecular weight is 373 g/mol. The van der Waals surface area contributed by atoms with Crippen LogP contribution in [0.2, 0.25) is 0 Å². The highest BCUT2D eigenvalue weighted by molar-refractivity contribution is 4.96. The van der Waals surface area contributed by atoms with Crippen molar-refractivity contribution in [3.63, 3.8) is 0 Å². The van der Waals surface area contributed by atoms with Crippen LogP contribution >= 0.6 is 0 Å². The highest BCUT2D eigenvalue weighted by Crippen LogP contribution is 2.47. The van der Waals surface area contributed by atoms with Gasteiger partial charge >= 0.3 is 0 Å². The van der Waals surface area contributed by atoms with Crippen LogP contribution in [0.25, 0.3) is 0 Å². The van der Waals surface area contributed by atoms with Crippen molar-refractivity contribution in [2.45, 2.75) is 103 Å². The summed E-state index contributed by atoms with van der Waals surface area (Å²) in [4.78, 5) is 0. The normalized spacial score (nSPS) is 43.4. The molecule has 2 saturated heterocycles. The molecule has 2 fully saturated rings. The van der Waals surface area contributed by atoms with Gasteiger partial charge in [0.2, 0.25) is 0 Å². The Labute approximate surface area is 159 Å². The van der Waals surface area contributed by atoms with E-state index in [0.29, 0.717) is 12.3 Å². The molecule has 0 aromatic rings. The van der Waals surface area contributed by atoms with Crippen LogP contribution < -0.4 is 0 Å². The molecular weight excluding hydrogens is 332 g/mol. The molecule has 5 nitrogen and oxygen atoms in total. The zero-order valence-corrected chi connectivity index (χ0v) is 17.2. The molecule has 2 heterocycles. The Morgan fingerprint density at radius 2 is 1.81 bits per heavy atom. The summed E-state index contributed by atoms with van der Waals surface area (Å²) in [6.07, 6.45) is 4.03. The molecule has 0 amide bonds. The summed E-state index contributed by atoms with van der Waals surface area (Å²) >= 11 is 0. The summed E-state index contributed by atoms with van der Waals surface area (Å²) in [7, 11) is 0. The number of hydrogen-bond acceptors (Lipinski definition) is 5. The molecule has 9 atom stereocenters. The average Bonchev–Trinajstić information content (AvgIpc) is 2.61. The minimum Gasteiger partial charge on any atom is -0.396 e. The van der Waals surface area contributed by atoms with Gasteiger partial charge in [0, 0.05) is 24.9 Å². The lowest BCUT2D eigenvalue weighted by atomic mass is 9.75. The second kappa shape index (κ2) is 9.33. The van der Waals surface area contributed by atoms with Crippen LogP contribution in [0.1, 0.15) is 73.1 Å². The van der Waals surface area contributed by atoms with Crippen molar-refractivity contribution in [2.75, 3.05) is 6.61 Å². The smallest absolute Gasteiger partial charge is 0.174 e. The molecule has 2 aliphatic heterocycles. The monoisotopic (exact) mass is 372 g/mol. The molecule has 0 aromatic carbocycles. The standard InChI is InChI=1S/C21H40O5/c1-6-17(12-22)7-8-18-15(4)20(24)16(5)21(25-18)10-9-13(2)19(26-21)11-14(3)23/h13-20,22-24H,6-12H2,1-5H3/t13-,14+,15+,16+,17+,18-,19-,20+,21-/m0/s1. The second-order valence-corrected chi connectivity index (χ2v) is 8.90. The molecule has 5 heteroatoms. The third-order valence-electron chi connectivity index (χ3n) is 6.88. The SMILES string of the molecule is CC[C@@H](CO)CC[C@@H]1O[C@]2(CC[C@H](C)[C@H](C[C@@H](C)O)O2)[C@H](C)[C@H](O)[C@@H]1C. The van der Waals surface area contributed by atoms with Crippen molar-refractivity contribution < 1.29 is 24.8 Å². The number of aliphatic hydroxyl groups excluding tert-OH is 3. The van der Waals surface area contributed by atoms with Gasteiger partial charge in [-0.15, -0.1) is 0 Å². The molecule has 2 aliphatic rings. The maximum atomic E-state index is 10.9. The van der Waals surface area contributed by atoms with Crippen LogP contribution in [0.15, 0.2) is 0 Å². The summed E-state index contributed by atoms with van der Waals surface area (Å²) < 4.78 is 13.0. The van der Waals surface area contributed by atoms with E-state index in [0.717, 1.165) is 32.1 Å². The van der Waals surface area contributed by atoms with E-state index in [4.69, 9.17) is 9.47 Å². The van der Waals surface area contributed by atoms with Crippen LogP contribution in [0.4, 0.5) is 0 Å². The molecule has 26 heavy (non-hydrogen) atoms. The van der Waals surface area contributed by atoms with Gasteiger partial charge in [0.05, 0.1) is 24.4 Å². The van der Waals surface area contributed by atoms with Crippen LogP contribution in [-0.4, -0.2) is 52.1 Å². The first-order valence-corrected chi connectivity index (χ1v) is 10.6. The van der Waals surface area contributed by atoms with Gasteiger partial charge in [-0.25, -0.2) is 0 Å². The molecular formula is C21H40O5. The fourth-order valence-corrected chi connectivity index (χ4v) is 4.64. The minimum absolute atomic E-state index is 0.0463. The van der Waals surface area contributed by atoms with Gasteiger partial charge in [0.1, 0.15) is 0 Å². The van der Waals surface area contributed by atoms with Gasteiger partial charge in [-0.3, -0.25) is 0 Å². The topological polar surface area (TPSA) is 79.2 Å². The van der Waals surface area contributed by atoms with Crippen molar-refractivity contribution >= 4 is 0 Å². The Morgan fingerprint density at radius 3 is 2.38 bits per heavy atom. The van der Waals surface area contributed by atoms with E-state index in [2.05, 4.69) is 20.8 Å². The van der Waals surface area contributed by atoms with Crippen molar-refractivity contribution in [3.8, 4) is 0 Å². The minimum atomic E-state index is -0.760. The van der Waals surface area contributed by atoms with E-state index in [1.807, 2.05) is 6.92 Å². The van der Waals surface area contributed by atoms with Crippen LogP contribution in [-0.2, 0) is 9.47 Å². The van der Waals surface area contributed by atoms with Gasteiger partial charge < -0.3 is 24.8 Å². The van der Waals surface area contributed by atoms with Crippen LogP contribution in [0.5, 0.6) is 0 Å². The predicted octanol–water partition coefficient (Wildman–Crippen LogP) is 3.10. The highest BCUT2D eigenvalue weighted by atomic mass is 16.7. The number of ether oxygens (including phenoxy) is 2. The van der Waals surface area contributed by atoms with Gasteiger partial charge in [-0.1, -0.05) is 34.1 Å². The molecule has 0 unspecified atom stereocenters. The first kappa shape index (κ1) is 22.1. The highest BCUT2D eigenvalue weighted by Gasteiger charge is 2.54. The van der Waals surface area contributed by atoms with E-state index >= 15 is 0 Å². The van der Waals surface area contributed by atoms with Gasteiger partial charge in [-0.05, 0) is 44.4 Å². The summed E-state index contributed by atoms with van der Waals surface area (Å²) in [5.41, 5.74) is 0. The van der Waals surface area contributed by atoms with E-state index in [9.17, 15) is 15.3 Å². The van der Waals surface area contributed by atoms with E-state index < -0.39 is 18.0 Å². The summed E-state index contributed by atoms with van der Waals surface area (Å²) in [6.45, 7) is 10.3. The molecule has 154 valence electrons. The lowest BCUT2D eigenvalue weighted by Crippen LogP contribution is -2.61. The van der Waals surface area contributed by atoms with E-state index in [1.54, 1.807) is 6.92 Å². The van der Waals surface area contributed by atoms with Crippen molar-refractivity contribution in [1.82, 2.24) is 0 Å². The Balaban J connectivity index is 2.13. The number of hydrogen-bond donors (Lipinski definition) is 3. The van der Waals surface area contributed by atoms with Crippen molar-refractivity contribution in [2.24, 2.45) is 23.7 Å². The lowest BCUT2D eigenvalue weighted by Gasteiger charge is -2.55. The first-order valence-electron chi connectivity index (χ1n) is 10.6. The zero-order valence-electron chi connectivity index (χ0n) is 17.2. The molecule has 0 saturated carbocycles. The number of aliphatic hydroxyl groups is 3. The van der Waals surface area contributed by atoms with Crippen molar-refractivity contribution in [1.29, 1.82) is 0 Å². The fraction of sp³-hybridized carbons (Fsp3) is 1.00. The Kier molecular flexibility index (Phi) is 7.93. The summed E-state index contributed by atoms with van der Waals surface area (Å²) in [6, 6.07) is 0. The third kappa shape index (κ3) is 4.79. The second-order valence-electron chi connectivity index (χ2n) is 8.90. The zero-order chi connectivity index (χ0) is 19.5. The molecule has 2 rings (SSSR count). The predicted molar refractivity (Wildman–Crippen MR) is 102 cm³/mol. The molecule has 3 N–H and O–H groups in total. The molecule has 0 aliphatic carbocycles. The number of rotatable bonds is 7. The molecule has 0 aromatic heterocycles. The lowest BCUT2D eigenvalue weighted by molar-refractivity contribution is -0.371. The largest absolute Gasteiger partial charge is 0.396 e. The van der Waals surface area contributed by atoms with Gasteiger partial charge in [-0.2, -0.15) is 0 Å². The van der Waals surface area contributed by atoms with Gasteiger partial charge in [0.15, 0.2) is 5.79 Å². The quantitative estimate of drug-likeness (QED) is 0.640. The summed E-state index contributed by atoms with van der Waals surface area (Å²) in [5, 5.41) is 30.2. The maximum absolute atomic E-state index is 10.9. The van der Waals surface area contributed by atoms with Gasteiger partial charge in [0.25, 0.3) is 0 Å².